The third kappa shape index (κ3) is 4.65. The van der Waals surface area contributed by atoms with Gasteiger partial charge >= 0.3 is 12.4 Å². The number of carbonyl (C=O) groups is 2. The Morgan fingerprint density at radius 3 is 2.50 bits per heavy atom. The first-order chi connectivity index (χ1) is 8.63. The number of nitrogens with two attached hydrogens (primary N) is 1. The summed E-state index contributed by atoms with van der Waals surface area (Å²) in [7, 11) is 0. The van der Waals surface area contributed by atoms with Crippen molar-refractivity contribution in [1.82, 2.24) is 10.2 Å². The Hall–Kier alpha value is -2.37. The molecule has 0 heterocycles. The molecule has 0 atom stereocenters. The molecule has 0 aromatic heterocycles. The zero-order valence-corrected chi connectivity index (χ0v) is 9.76. The molecule has 4 amide bonds. The topological polar surface area (TPSA) is 92.5 Å². The summed E-state index contributed by atoms with van der Waals surface area (Å²) in [5.74, 6) is -0.514. The summed E-state index contributed by atoms with van der Waals surface area (Å²) in [6.07, 6.45) is 1.58. The van der Waals surface area contributed by atoms with Crippen LogP contribution in [-0.2, 0) is 16.1 Å². The van der Waals surface area contributed by atoms with E-state index in [0.29, 0.717) is 0 Å². The molecular weight excluding hydrogens is 234 g/mol. The molecular formula is C12H14N3O3. The third-order valence-electron chi connectivity index (χ3n) is 2.19. The number of primary amides is 1. The number of benzene rings is 1. The fourth-order valence-corrected chi connectivity index (χ4v) is 1.30. The van der Waals surface area contributed by atoms with Crippen LogP contribution in [0.15, 0.2) is 30.3 Å². The summed E-state index contributed by atoms with van der Waals surface area (Å²) in [6, 6.07) is 8.44. The molecule has 0 aliphatic rings. The van der Waals surface area contributed by atoms with E-state index < -0.39 is 11.9 Å². The van der Waals surface area contributed by atoms with E-state index >= 15 is 0 Å². The zero-order valence-electron chi connectivity index (χ0n) is 9.76. The van der Waals surface area contributed by atoms with Crippen LogP contribution in [0.2, 0.25) is 0 Å². The smallest absolute Gasteiger partial charge is 0.324 e. The number of rotatable bonds is 6. The van der Waals surface area contributed by atoms with Gasteiger partial charge in [0.1, 0.15) is 0 Å². The van der Waals surface area contributed by atoms with E-state index in [0.717, 1.165) is 10.5 Å². The second-order valence-electron chi connectivity index (χ2n) is 3.61. The molecule has 1 aromatic carbocycles. The van der Waals surface area contributed by atoms with Gasteiger partial charge in [0, 0.05) is 13.0 Å². The van der Waals surface area contributed by atoms with Crippen molar-refractivity contribution in [1.29, 1.82) is 0 Å². The maximum atomic E-state index is 11.6. The number of carbonyl (C=O) groups excluding carboxylic acids is 3. The van der Waals surface area contributed by atoms with Gasteiger partial charge in [-0.05, 0) is 5.56 Å². The lowest BCUT2D eigenvalue weighted by Crippen LogP contribution is -2.39. The first-order valence-corrected chi connectivity index (χ1v) is 5.39. The SMILES string of the molecule is NC(=O)CCNC(=O)N([C]=O)Cc1ccccc1. The van der Waals surface area contributed by atoms with Gasteiger partial charge in [0.05, 0.1) is 6.54 Å². The highest BCUT2D eigenvalue weighted by Gasteiger charge is 2.13. The van der Waals surface area contributed by atoms with Crippen molar-refractivity contribution in [3.63, 3.8) is 0 Å². The van der Waals surface area contributed by atoms with Crippen molar-refractivity contribution < 1.29 is 14.4 Å². The zero-order chi connectivity index (χ0) is 13.4. The number of nitrogens with zero attached hydrogens (tertiary/aromatic N) is 1. The number of imide groups is 1. The molecule has 18 heavy (non-hydrogen) atoms. The van der Waals surface area contributed by atoms with Crippen LogP contribution in [-0.4, -0.2) is 29.8 Å². The van der Waals surface area contributed by atoms with Crippen LogP contribution in [0.5, 0.6) is 0 Å². The van der Waals surface area contributed by atoms with E-state index in [4.69, 9.17) is 5.73 Å². The normalized spacial score (nSPS) is 9.56. The van der Waals surface area contributed by atoms with E-state index in [9.17, 15) is 14.4 Å². The molecule has 0 unspecified atom stereocenters. The monoisotopic (exact) mass is 248 g/mol. The van der Waals surface area contributed by atoms with Crippen LogP contribution in [0, 0.1) is 0 Å². The van der Waals surface area contributed by atoms with Crippen molar-refractivity contribution in [2.24, 2.45) is 5.73 Å². The second kappa shape index (κ2) is 7.05. The summed E-state index contributed by atoms with van der Waals surface area (Å²) in [5.41, 5.74) is 5.74. The Labute approximate surface area is 105 Å². The van der Waals surface area contributed by atoms with Crippen molar-refractivity contribution in [2.45, 2.75) is 13.0 Å². The maximum absolute atomic E-state index is 11.6. The Kier molecular flexibility index (Phi) is 5.37. The van der Waals surface area contributed by atoms with Crippen molar-refractivity contribution in [3.8, 4) is 0 Å². The minimum Gasteiger partial charge on any atom is -0.370 e. The molecule has 0 bridgehead atoms. The summed E-state index contributed by atoms with van der Waals surface area (Å²) in [4.78, 5) is 33.6. The number of amides is 4. The molecule has 0 fully saturated rings. The summed E-state index contributed by atoms with van der Waals surface area (Å²) < 4.78 is 0. The second-order valence-corrected chi connectivity index (χ2v) is 3.61. The minimum atomic E-state index is -0.602. The molecule has 0 spiro atoms. The standard InChI is InChI=1S/C12H14N3O3/c13-11(17)6-7-14-12(18)15(9-16)8-10-4-2-1-3-5-10/h1-5H,6-8H2,(H2,13,17)(H,14,18). The summed E-state index contributed by atoms with van der Waals surface area (Å²) >= 11 is 0. The highest BCUT2D eigenvalue weighted by molar-refractivity contribution is 5.85. The lowest BCUT2D eigenvalue weighted by Gasteiger charge is -2.15. The van der Waals surface area contributed by atoms with Gasteiger partial charge in [-0.2, -0.15) is 0 Å². The molecule has 1 rings (SSSR count). The van der Waals surface area contributed by atoms with Crippen LogP contribution in [0.4, 0.5) is 4.79 Å². The number of hydrogen-bond donors (Lipinski definition) is 2. The predicted octanol–water partition coefficient (Wildman–Crippen LogP) is 0.141. The fraction of sp³-hybridized carbons (Fsp3) is 0.250. The van der Waals surface area contributed by atoms with E-state index in [1.165, 1.54) is 0 Å². The van der Waals surface area contributed by atoms with E-state index in [1.807, 2.05) is 18.2 Å². The lowest BCUT2D eigenvalue weighted by atomic mass is 10.2. The van der Waals surface area contributed by atoms with Gasteiger partial charge in [-0.25, -0.2) is 4.79 Å². The quantitative estimate of drug-likeness (QED) is 0.701. The number of hydrogen-bond acceptors (Lipinski definition) is 3. The Morgan fingerprint density at radius 1 is 1.28 bits per heavy atom. The van der Waals surface area contributed by atoms with E-state index in [2.05, 4.69) is 5.32 Å². The van der Waals surface area contributed by atoms with Crippen LogP contribution in [0.25, 0.3) is 0 Å². The Morgan fingerprint density at radius 2 is 1.94 bits per heavy atom. The van der Waals surface area contributed by atoms with E-state index in [-0.39, 0.29) is 19.5 Å². The van der Waals surface area contributed by atoms with Crippen LogP contribution in [0.3, 0.4) is 0 Å². The molecule has 95 valence electrons. The molecule has 3 N–H and O–H groups in total. The van der Waals surface area contributed by atoms with Crippen LogP contribution in [0.1, 0.15) is 12.0 Å². The molecule has 1 aromatic rings. The molecule has 6 heteroatoms. The van der Waals surface area contributed by atoms with Gasteiger partial charge in [-0.1, -0.05) is 30.3 Å². The first kappa shape index (κ1) is 13.7. The summed E-state index contributed by atoms with van der Waals surface area (Å²) in [5, 5.41) is 2.41. The lowest BCUT2D eigenvalue weighted by molar-refractivity contribution is -0.117. The molecule has 1 radical (unpaired) electrons. The molecule has 0 aliphatic heterocycles. The predicted molar refractivity (Wildman–Crippen MR) is 64.9 cm³/mol. The Balaban J connectivity index is 2.48. The Bertz CT molecular complexity index is 420. The average Bonchev–Trinajstić information content (AvgIpc) is 2.36. The van der Waals surface area contributed by atoms with Crippen molar-refractivity contribution in [2.75, 3.05) is 6.54 Å². The van der Waals surface area contributed by atoms with Crippen molar-refractivity contribution >= 4 is 18.3 Å². The van der Waals surface area contributed by atoms with Crippen LogP contribution < -0.4 is 11.1 Å². The highest BCUT2D eigenvalue weighted by atomic mass is 16.2. The number of nitrogens with one attached hydrogen (secondary N) is 1. The average molecular weight is 248 g/mol. The van der Waals surface area contributed by atoms with Gasteiger partial charge in [0.25, 0.3) is 0 Å². The van der Waals surface area contributed by atoms with Gasteiger partial charge < -0.3 is 11.1 Å². The fourth-order valence-electron chi connectivity index (χ4n) is 1.30. The van der Waals surface area contributed by atoms with E-state index in [1.54, 1.807) is 18.5 Å². The molecule has 0 saturated carbocycles. The first-order valence-electron chi connectivity index (χ1n) is 5.39. The largest absolute Gasteiger partial charge is 0.370 e. The highest BCUT2D eigenvalue weighted by Crippen LogP contribution is 2.02. The number of urea groups is 1. The van der Waals surface area contributed by atoms with Crippen molar-refractivity contribution in [3.05, 3.63) is 35.9 Å². The molecule has 0 saturated heterocycles. The summed E-state index contributed by atoms with van der Waals surface area (Å²) in [6.45, 7) is 0.230. The maximum Gasteiger partial charge on any atom is 0.324 e. The van der Waals surface area contributed by atoms with Gasteiger partial charge in [0.15, 0.2) is 0 Å². The molecule has 0 aliphatic carbocycles. The van der Waals surface area contributed by atoms with Crippen LogP contribution >= 0.6 is 0 Å². The van der Waals surface area contributed by atoms with Gasteiger partial charge in [0.2, 0.25) is 5.91 Å². The molecule has 6 nitrogen and oxygen atoms in total. The third-order valence-corrected chi connectivity index (χ3v) is 2.19. The minimum absolute atomic E-state index is 0.0315. The van der Waals surface area contributed by atoms with Gasteiger partial charge in [-0.15, -0.1) is 0 Å². The van der Waals surface area contributed by atoms with Gasteiger partial charge in [-0.3, -0.25) is 14.5 Å².